The SMILES string of the molecule is COCCn1/c(=N/S(=O)(=O)c2ccc(Cl)cc2)sc2cc(F)cc(F)c21. The van der Waals surface area contributed by atoms with Gasteiger partial charge in [0.1, 0.15) is 5.82 Å². The maximum atomic E-state index is 14.2. The molecular formula is C16H13ClF2N2O3S2. The van der Waals surface area contributed by atoms with Crippen LogP contribution in [0.5, 0.6) is 0 Å². The molecule has 26 heavy (non-hydrogen) atoms. The summed E-state index contributed by atoms with van der Waals surface area (Å²) in [5.41, 5.74) is 0.0820. The molecule has 0 atom stereocenters. The van der Waals surface area contributed by atoms with Gasteiger partial charge in [0, 0.05) is 24.7 Å². The number of aromatic nitrogens is 1. The Morgan fingerprint density at radius 1 is 1.23 bits per heavy atom. The van der Waals surface area contributed by atoms with Gasteiger partial charge in [-0.1, -0.05) is 22.9 Å². The number of fused-ring (bicyclic) bond motifs is 1. The Bertz CT molecular complexity index is 1120. The predicted octanol–water partition coefficient (Wildman–Crippen LogP) is 3.57. The van der Waals surface area contributed by atoms with Crippen LogP contribution in [0.4, 0.5) is 8.78 Å². The molecule has 1 aromatic heterocycles. The monoisotopic (exact) mass is 418 g/mol. The molecule has 10 heteroatoms. The Balaban J connectivity index is 2.24. The number of thiazole rings is 1. The third kappa shape index (κ3) is 3.80. The highest BCUT2D eigenvalue weighted by molar-refractivity contribution is 7.90. The third-order valence-corrected chi connectivity index (χ3v) is 6.20. The Morgan fingerprint density at radius 2 is 1.92 bits per heavy atom. The largest absolute Gasteiger partial charge is 0.383 e. The molecule has 3 rings (SSSR count). The zero-order valence-corrected chi connectivity index (χ0v) is 15.8. The van der Waals surface area contributed by atoms with Crippen molar-refractivity contribution >= 4 is 43.2 Å². The molecule has 0 unspecified atom stereocenters. The van der Waals surface area contributed by atoms with E-state index in [4.69, 9.17) is 16.3 Å². The van der Waals surface area contributed by atoms with Crippen LogP contribution in [0.1, 0.15) is 0 Å². The maximum absolute atomic E-state index is 14.2. The molecule has 0 amide bonds. The molecule has 1 heterocycles. The quantitative estimate of drug-likeness (QED) is 0.636. The average molecular weight is 419 g/mol. The Kier molecular flexibility index (Phi) is 5.42. The van der Waals surface area contributed by atoms with Crippen LogP contribution in [-0.4, -0.2) is 26.7 Å². The number of nitrogens with zero attached hydrogens (tertiary/aromatic N) is 2. The molecule has 3 aromatic rings. The van der Waals surface area contributed by atoms with Gasteiger partial charge in [0.2, 0.25) is 4.80 Å². The van der Waals surface area contributed by atoms with Crippen molar-refractivity contribution in [1.29, 1.82) is 0 Å². The molecule has 0 aliphatic carbocycles. The van der Waals surface area contributed by atoms with E-state index >= 15 is 0 Å². The summed E-state index contributed by atoms with van der Waals surface area (Å²) in [6.45, 7) is 0.366. The van der Waals surface area contributed by atoms with E-state index in [0.717, 1.165) is 23.5 Å². The topological polar surface area (TPSA) is 60.7 Å². The van der Waals surface area contributed by atoms with Crippen molar-refractivity contribution < 1.29 is 21.9 Å². The minimum atomic E-state index is -4.05. The molecule has 0 saturated carbocycles. The summed E-state index contributed by atoms with van der Waals surface area (Å²) in [7, 11) is -2.58. The summed E-state index contributed by atoms with van der Waals surface area (Å²) in [6, 6.07) is 7.41. The van der Waals surface area contributed by atoms with Gasteiger partial charge >= 0.3 is 0 Å². The summed E-state index contributed by atoms with van der Waals surface area (Å²) in [4.78, 5) is -0.0270. The van der Waals surface area contributed by atoms with Gasteiger partial charge in [-0.3, -0.25) is 0 Å². The first-order valence-electron chi connectivity index (χ1n) is 7.36. The van der Waals surface area contributed by atoms with Crippen molar-refractivity contribution in [2.75, 3.05) is 13.7 Å². The Labute approximate surface area is 157 Å². The van der Waals surface area contributed by atoms with Gasteiger partial charge < -0.3 is 9.30 Å². The lowest BCUT2D eigenvalue weighted by atomic mass is 10.3. The fraction of sp³-hybridized carbons (Fsp3) is 0.188. The molecule has 0 spiro atoms. The number of rotatable bonds is 5. The standard InChI is InChI=1S/C16H13ClF2N2O3S2/c1-24-7-6-21-15-13(19)8-11(18)9-14(15)25-16(21)20-26(22,23)12-4-2-10(17)3-5-12/h2-5,8-9H,6-7H2,1H3/b20-16-. The number of methoxy groups -OCH3 is 1. The van der Waals surface area contributed by atoms with Crippen molar-refractivity contribution in [3.63, 3.8) is 0 Å². The normalized spacial score (nSPS) is 12.8. The Hall–Kier alpha value is -1.81. The molecule has 138 valence electrons. The third-order valence-electron chi connectivity index (χ3n) is 3.52. The molecule has 0 aliphatic rings. The van der Waals surface area contributed by atoms with Crippen LogP contribution >= 0.6 is 22.9 Å². The first-order valence-corrected chi connectivity index (χ1v) is 9.99. The van der Waals surface area contributed by atoms with Crippen molar-refractivity contribution in [1.82, 2.24) is 4.57 Å². The zero-order chi connectivity index (χ0) is 18.9. The molecule has 0 bridgehead atoms. The summed E-state index contributed by atoms with van der Waals surface area (Å²) < 4.78 is 63.3. The van der Waals surface area contributed by atoms with Crippen LogP contribution in [0.2, 0.25) is 5.02 Å². The number of hydrogen-bond acceptors (Lipinski definition) is 4. The summed E-state index contributed by atoms with van der Waals surface area (Å²) in [6.07, 6.45) is 0. The van der Waals surface area contributed by atoms with Crippen molar-refractivity contribution in [3.8, 4) is 0 Å². The molecule has 2 aromatic carbocycles. The minimum absolute atomic E-state index is 0.0245. The van der Waals surface area contributed by atoms with E-state index in [1.165, 1.54) is 35.9 Å². The van der Waals surface area contributed by atoms with Gasteiger partial charge in [-0.2, -0.15) is 8.42 Å². The lowest BCUT2D eigenvalue weighted by Gasteiger charge is -2.05. The van der Waals surface area contributed by atoms with Crippen molar-refractivity contribution in [2.45, 2.75) is 11.4 Å². The van der Waals surface area contributed by atoms with Crippen LogP contribution < -0.4 is 4.80 Å². The highest BCUT2D eigenvalue weighted by atomic mass is 35.5. The minimum Gasteiger partial charge on any atom is -0.383 e. The number of sulfonamides is 1. The fourth-order valence-electron chi connectivity index (χ4n) is 2.35. The lowest BCUT2D eigenvalue weighted by Crippen LogP contribution is -2.20. The molecular weight excluding hydrogens is 406 g/mol. The zero-order valence-electron chi connectivity index (χ0n) is 13.4. The van der Waals surface area contributed by atoms with Crippen molar-refractivity contribution in [2.24, 2.45) is 4.40 Å². The predicted molar refractivity (Wildman–Crippen MR) is 95.8 cm³/mol. The van der Waals surface area contributed by atoms with E-state index in [1.54, 1.807) is 0 Å². The number of hydrogen-bond donors (Lipinski definition) is 0. The van der Waals surface area contributed by atoms with E-state index in [1.807, 2.05) is 0 Å². The van der Waals surface area contributed by atoms with Gasteiger partial charge in [0.15, 0.2) is 5.82 Å². The molecule has 0 aliphatic heterocycles. The first kappa shape index (κ1) is 19.0. The highest BCUT2D eigenvalue weighted by Gasteiger charge is 2.17. The molecule has 0 N–H and O–H groups in total. The van der Waals surface area contributed by atoms with Crippen molar-refractivity contribution in [3.05, 3.63) is 57.9 Å². The van der Waals surface area contributed by atoms with E-state index in [2.05, 4.69) is 4.40 Å². The maximum Gasteiger partial charge on any atom is 0.285 e. The van der Waals surface area contributed by atoms with E-state index in [-0.39, 0.29) is 33.1 Å². The summed E-state index contributed by atoms with van der Waals surface area (Å²) in [5.74, 6) is -1.54. The molecule has 0 fully saturated rings. The second-order valence-corrected chi connectivity index (χ2v) is 8.33. The van der Waals surface area contributed by atoms with Gasteiger partial charge in [0.05, 0.1) is 21.7 Å². The van der Waals surface area contributed by atoms with Crippen LogP contribution in [0.3, 0.4) is 0 Å². The molecule has 0 radical (unpaired) electrons. The lowest BCUT2D eigenvalue weighted by molar-refractivity contribution is 0.187. The second kappa shape index (κ2) is 7.43. The van der Waals surface area contributed by atoms with E-state index < -0.39 is 21.7 Å². The fourth-order valence-corrected chi connectivity index (χ4v) is 4.78. The smallest absolute Gasteiger partial charge is 0.285 e. The molecule has 0 saturated heterocycles. The van der Waals surface area contributed by atoms with Crippen LogP contribution in [-0.2, 0) is 21.3 Å². The Morgan fingerprint density at radius 3 is 2.58 bits per heavy atom. The number of benzene rings is 2. The summed E-state index contributed by atoms with van der Waals surface area (Å²) >= 11 is 6.65. The molecule has 5 nitrogen and oxygen atoms in total. The summed E-state index contributed by atoms with van der Waals surface area (Å²) in [5, 5.41) is 0.388. The van der Waals surface area contributed by atoms with Crippen LogP contribution in [0.25, 0.3) is 10.2 Å². The van der Waals surface area contributed by atoms with Gasteiger partial charge in [-0.25, -0.2) is 8.78 Å². The second-order valence-electron chi connectivity index (χ2n) is 5.28. The van der Waals surface area contributed by atoms with Crippen LogP contribution in [0.15, 0.2) is 45.7 Å². The average Bonchev–Trinajstić information content (AvgIpc) is 2.89. The van der Waals surface area contributed by atoms with E-state index in [9.17, 15) is 17.2 Å². The van der Waals surface area contributed by atoms with Gasteiger partial charge in [-0.15, -0.1) is 4.40 Å². The van der Waals surface area contributed by atoms with Gasteiger partial charge in [-0.05, 0) is 30.3 Å². The van der Waals surface area contributed by atoms with Crippen LogP contribution in [0, 0.1) is 11.6 Å². The highest BCUT2D eigenvalue weighted by Crippen LogP contribution is 2.23. The van der Waals surface area contributed by atoms with E-state index in [0.29, 0.717) is 5.02 Å². The first-order chi connectivity index (χ1) is 12.3. The number of halogens is 3. The number of ether oxygens (including phenoxy) is 1. The van der Waals surface area contributed by atoms with Gasteiger partial charge in [0.25, 0.3) is 10.0 Å².